The van der Waals surface area contributed by atoms with Crippen molar-refractivity contribution in [3.05, 3.63) is 0 Å². The molecule has 3 fully saturated rings. The van der Waals surface area contributed by atoms with E-state index in [0.29, 0.717) is 25.8 Å². The molecule has 0 radical (unpaired) electrons. The Bertz CT molecular complexity index is 517. The van der Waals surface area contributed by atoms with Crippen LogP contribution in [0.3, 0.4) is 0 Å². The molecule has 2 saturated carbocycles. The van der Waals surface area contributed by atoms with Crippen molar-refractivity contribution in [2.24, 2.45) is 11.8 Å². The number of hydrogen-bond acceptors (Lipinski definition) is 2. The van der Waals surface area contributed by atoms with Gasteiger partial charge in [0, 0.05) is 18.5 Å². The van der Waals surface area contributed by atoms with Gasteiger partial charge in [0.1, 0.15) is 6.04 Å². The second-order valence-electron chi connectivity index (χ2n) is 8.14. The number of amides is 2. The fourth-order valence-corrected chi connectivity index (χ4v) is 4.80. The van der Waals surface area contributed by atoms with Gasteiger partial charge in [0.25, 0.3) is 0 Å². The number of carbonyl (C=O) groups excluding carboxylic acids is 2. The fourth-order valence-electron chi connectivity index (χ4n) is 4.80. The van der Waals surface area contributed by atoms with Gasteiger partial charge in [-0.25, -0.2) is 0 Å². The van der Waals surface area contributed by atoms with Crippen LogP contribution in [0.15, 0.2) is 0 Å². The molecule has 26 heavy (non-hydrogen) atoms. The molecule has 0 spiro atoms. The van der Waals surface area contributed by atoms with Gasteiger partial charge < -0.3 is 10.2 Å². The van der Waals surface area contributed by atoms with Gasteiger partial charge in [-0.1, -0.05) is 25.7 Å². The molecule has 2 amide bonds. The Balaban J connectivity index is 1.57. The first-order valence-electron chi connectivity index (χ1n) is 10.0. The van der Waals surface area contributed by atoms with E-state index in [2.05, 4.69) is 5.32 Å². The van der Waals surface area contributed by atoms with Crippen LogP contribution >= 0.6 is 0 Å². The largest absolute Gasteiger partial charge is 0.391 e. The number of carbonyl (C=O) groups is 2. The Morgan fingerprint density at radius 1 is 0.885 bits per heavy atom. The van der Waals surface area contributed by atoms with Crippen LogP contribution in [0.25, 0.3) is 0 Å². The lowest BCUT2D eigenvalue weighted by Gasteiger charge is -2.34. The van der Waals surface area contributed by atoms with E-state index in [4.69, 9.17) is 0 Å². The zero-order valence-corrected chi connectivity index (χ0v) is 15.2. The number of likely N-dealkylation sites (tertiary alicyclic amines) is 1. The predicted molar refractivity (Wildman–Crippen MR) is 91.3 cm³/mol. The molecule has 1 N–H and O–H groups in total. The van der Waals surface area contributed by atoms with E-state index in [1.165, 1.54) is 0 Å². The molecule has 7 heteroatoms. The van der Waals surface area contributed by atoms with Crippen molar-refractivity contribution in [1.82, 2.24) is 10.2 Å². The molecule has 3 atom stereocenters. The van der Waals surface area contributed by atoms with Crippen LogP contribution in [-0.4, -0.2) is 41.5 Å². The Labute approximate surface area is 152 Å². The van der Waals surface area contributed by atoms with Crippen molar-refractivity contribution in [3.63, 3.8) is 0 Å². The predicted octanol–water partition coefficient (Wildman–Crippen LogP) is 3.80. The van der Waals surface area contributed by atoms with Gasteiger partial charge in [0.15, 0.2) is 0 Å². The first-order chi connectivity index (χ1) is 12.4. The van der Waals surface area contributed by atoms with Crippen LogP contribution < -0.4 is 5.32 Å². The molecule has 1 aliphatic heterocycles. The lowest BCUT2D eigenvalue weighted by molar-refractivity contribution is -0.184. The summed E-state index contributed by atoms with van der Waals surface area (Å²) < 4.78 is 38.9. The number of halogens is 3. The van der Waals surface area contributed by atoms with Crippen LogP contribution in [0.5, 0.6) is 0 Å². The molecule has 3 aliphatic rings. The average Bonchev–Trinajstić information content (AvgIpc) is 3.11. The third-order valence-corrected chi connectivity index (χ3v) is 6.28. The summed E-state index contributed by atoms with van der Waals surface area (Å²) in [7, 11) is 0. The third kappa shape index (κ3) is 4.52. The number of nitrogens with zero attached hydrogens (tertiary/aromatic N) is 1. The highest BCUT2D eigenvalue weighted by Gasteiger charge is 2.43. The Hall–Kier alpha value is -1.27. The molecule has 0 aromatic carbocycles. The van der Waals surface area contributed by atoms with Crippen molar-refractivity contribution in [2.75, 3.05) is 6.54 Å². The van der Waals surface area contributed by atoms with Gasteiger partial charge in [0.2, 0.25) is 11.8 Å². The maximum absolute atomic E-state index is 13.0. The minimum atomic E-state index is -4.19. The lowest BCUT2D eigenvalue weighted by Crippen LogP contribution is -2.51. The van der Waals surface area contributed by atoms with Gasteiger partial charge >= 0.3 is 6.18 Å². The SMILES string of the molecule is O=C(N[C@@H]1CCC[C@H](C(F)(F)F)C1)[C@@H]1CCCN1C(=O)C1CCCCC1. The van der Waals surface area contributed by atoms with E-state index in [1.807, 2.05) is 0 Å². The van der Waals surface area contributed by atoms with Crippen molar-refractivity contribution in [2.45, 2.75) is 88.9 Å². The Morgan fingerprint density at radius 3 is 2.31 bits per heavy atom. The molecular weight excluding hydrogens is 345 g/mol. The fraction of sp³-hybridized carbons (Fsp3) is 0.895. The summed E-state index contributed by atoms with van der Waals surface area (Å²) in [6.45, 7) is 0.587. The topological polar surface area (TPSA) is 49.4 Å². The smallest absolute Gasteiger partial charge is 0.352 e. The molecule has 1 saturated heterocycles. The van der Waals surface area contributed by atoms with E-state index >= 15 is 0 Å². The summed E-state index contributed by atoms with van der Waals surface area (Å²) >= 11 is 0. The molecule has 4 nitrogen and oxygen atoms in total. The van der Waals surface area contributed by atoms with Crippen LogP contribution in [-0.2, 0) is 9.59 Å². The molecule has 2 aliphatic carbocycles. The maximum atomic E-state index is 13.0. The third-order valence-electron chi connectivity index (χ3n) is 6.28. The summed E-state index contributed by atoms with van der Waals surface area (Å²) in [5.74, 6) is -1.51. The highest BCUT2D eigenvalue weighted by molar-refractivity contribution is 5.89. The van der Waals surface area contributed by atoms with Crippen molar-refractivity contribution < 1.29 is 22.8 Å². The molecule has 1 heterocycles. The monoisotopic (exact) mass is 374 g/mol. The van der Waals surface area contributed by atoms with Crippen molar-refractivity contribution >= 4 is 11.8 Å². The van der Waals surface area contributed by atoms with Gasteiger partial charge in [-0.3, -0.25) is 9.59 Å². The highest BCUT2D eigenvalue weighted by atomic mass is 19.4. The van der Waals surface area contributed by atoms with Gasteiger partial charge in [-0.2, -0.15) is 13.2 Å². The molecule has 0 unspecified atom stereocenters. The normalized spacial score (nSPS) is 31.0. The van der Waals surface area contributed by atoms with E-state index in [0.717, 1.165) is 38.5 Å². The van der Waals surface area contributed by atoms with Gasteiger partial charge in [-0.05, 0) is 44.9 Å². The van der Waals surface area contributed by atoms with Crippen molar-refractivity contribution in [3.8, 4) is 0 Å². The second kappa shape index (κ2) is 8.17. The van der Waals surface area contributed by atoms with E-state index in [1.54, 1.807) is 4.90 Å². The Kier molecular flexibility index (Phi) is 6.13. The molecule has 3 rings (SSSR count). The molecule has 0 bridgehead atoms. The van der Waals surface area contributed by atoms with Crippen molar-refractivity contribution in [1.29, 1.82) is 0 Å². The van der Waals surface area contributed by atoms with Gasteiger partial charge in [-0.15, -0.1) is 0 Å². The number of nitrogens with one attached hydrogen (secondary N) is 1. The molecule has 0 aromatic rings. The first kappa shape index (κ1) is 19.5. The molecular formula is C19H29F3N2O2. The minimum absolute atomic E-state index is 0.0152. The summed E-state index contributed by atoms with van der Waals surface area (Å²) in [5, 5.41) is 2.82. The van der Waals surface area contributed by atoms with E-state index in [-0.39, 0.29) is 30.6 Å². The zero-order valence-electron chi connectivity index (χ0n) is 15.2. The number of hydrogen-bond donors (Lipinski definition) is 1. The van der Waals surface area contributed by atoms with E-state index in [9.17, 15) is 22.8 Å². The van der Waals surface area contributed by atoms with Crippen LogP contribution in [0.1, 0.15) is 70.6 Å². The Morgan fingerprint density at radius 2 is 1.62 bits per heavy atom. The van der Waals surface area contributed by atoms with Crippen LogP contribution in [0.2, 0.25) is 0 Å². The first-order valence-corrected chi connectivity index (χ1v) is 10.0. The average molecular weight is 374 g/mol. The quantitative estimate of drug-likeness (QED) is 0.817. The summed E-state index contributed by atoms with van der Waals surface area (Å²) in [4.78, 5) is 27.2. The summed E-state index contributed by atoms with van der Waals surface area (Å²) in [5.41, 5.74) is 0. The van der Waals surface area contributed by atoms with Crippen LogP contribution in [0, 0.1) is 11.8 Å². The maximum Gasteiger partial charge on any atom is 0.391 e. The summed E-state index contributed by atoms with van der Waals surface area (Å²) in [6.07, 6.45) is 3.42. The van der Waals surface area contributed by atoms with Crippen LogP contribution in [0.4, 0.5) is 13.2 Å². The lowest BCUT2D eigenvalue weighted by atomic mass is 9.85. The summed E-state index contributed by atoms with van der Waals surface area (Å²) in [6, 6.07) is -0.939. The standard InChI is InChI=1S/C19H29F3N2O2/c20-19(21,22)14-8-4-9-15(12-14)23-17(25)16-10-5-11-24(16)18(26)13-6-2-1-3-7-13/h13-16H,1-12H2,(H,23,25)/t14-,15+,16-/m0/s1. The molecule has 0 aromatic heterocycles. The number of alkyl halides is 3. The van der Waals surface area contributed by atoms with Gasteiger partial charge in [0.05, 0.1) is 5.92 Å². The number of rotatable bonds is 3. The molecule has 148 valence electrons. The minimum Gasteiger partial charge on any atom is -0.352 e. The second-order valence-corrected chi connectivity index (χ2v) is 8.14. The zero-order chi connectivity index (χ0) is 18.7. The highest BCUT2D eigenvalue weighted by Crippen LogP contribution is 2.37. The van der Waals surface area contributed by atoms with E-state index < -0.39 is 24.2 Å².